The second-order valence-corrected chi connectivity index (χ2v) is 6.72. The van der Waals surface area contributed by atoms with E-state index >= 15 is 0 Å². The van der Waals surface area contributed by atoms with Gasteiger partial charge in [-0.25, -0.2) is 4.90 Å². The number of fused-ring (bicyclic) bond motifs is 2. The van der Waals surface area contributed by atoms with E-state index in [9.17, 15) is 23.2 Å². The van der Waals surface area contributed by atoms with Crippen molar-refractivity contribution in [3.8, 4) is 11.5 Å². The van der Waals surface area contributed by atoms with Crippen LogP contribution in [0.3, 0.4) is 0 Å². The molecule has 0 saturated heterocycles. The van der Waals surface area contributed by atoms with Crippen LogP contribution in [-0.2, 0) is 11.2 Å². The lowest BCUT2D eigenvalue weighted by Crippen LogP contribution is -2.29. The van der Waals surface area contributed by atoms with Gasteiger partial charge in [-0.1, -0.05) is 36.4 Å². The number of amides is 2. The molecule has 1 heterocycles. The van der Waals surface area contributed by atoms with Crippen molar-refractivity contribution >= 4 is 34.2 Å². The van der Waals surface area contributed by atoms with Crippen molar-refractivity contribution in [3.63, 3.8) is 0 Å². The maximum Gasteiger partial charge on any atom is 0.387 e. The molecular weight excluding hydrogens is 412 g/mol. The van der Waals surface area contributed by atoms with Gasteiger partial charge in [0, 0.05) is 10.8 Å². The summed E-state index contributed by atoms with van der Waals surface area (Å²) in [6.07, 6.45) is -0.228. The molecule has 0 aromatic heterocycles. The van der Waals surface area contributed by atoms with Crippen LogP contribution in [-0.4, -0.2) is 36.6 Å². The maximum atomic E-state index is 13.2. The van der Waals surface area contributed by atoms with Crippen LogP contribution in [0, 0.1) is 0 Å². The van der Waals surface area contributed by atoms with Gasteiger partial charge in [-0.2, -0.15) is 8.78 Å². The molecule has 31 heavy (non-hydrogen) atoms. The number of anilines is 1. The standard InChI is InChI=1S/C22H15F2NO6/c1-30-18-13-4-2-3-5-14(13)19(31-22(23)24)17-16(18)20(28)25(21(17)29)12-8-6-11(7-9-12)10-15(26)27/h2-9,22H,10H2,1H3,(H,26,27). The molecule has 3 aromatic carbocycles. The van der Waals surface area contributed by atoms with Crippen LogP contribution in [0.2, 0.25) is 0 Å². The number of ether oxygens (including phenoxy) is 2. The highest BCUT2D eigenvalue weighted by Crippen LogP contribution is 2.46. The predicted octanol–water partition coefficient (Wildman–Crippen LogP) is 3.88. The van der Waals surface area contributed by atoms with E-state index in [-0.39, 0.29) is 34.4 Å². The Morgan fingerprint density at radius 3 is 2.03 bits per heavy atom. The van der Waals surface area contributed by atoms with Crippen molar-refractivity contribution in [1.82, 2.24) is 0 Å². The lowest BCUT2D eigenvalue weighted by atomic mass is 9.99. The molecule has 158 valence electrons. The summed E-state index contributed by atoms with van der Waals surface area (Å²) < 4.78 is 36.4. The molecule has 1 N–H and O–H groups in total. The average Bonchev–Trinajstić information content (AvgIpc) is 2.99. The van der Waals surface area contributed by atoms with Gasteiger partial charge in [0.25, 0.3) is 11.8 Å². The summed E-state index contributed by atoms with van der Waals surface area (Å²) in [5, 5.41) is 9.45. The first kappa shape index (κ1) is 20.3. The van der Waals surface area contributed by atoms with Crippen molar-refractivity contribution < 1.29 is 37.7 Å². The quantitative estimate of drug-likeness (QED) is 0.601. The highest BCUT2D eigenvalue weighted by Gasteiger charge is 2.43. The highest BCUT2D eigenvalue weighted by atomic mass is 19.3. The van der Waals surface area contributed by atoms with Gasteiger partial charge in [-0.05, 0) is 17.7 Å². The first-order chi connectivity index (χ1) is 14.8. The van der Waals surface area contributed by atoms with E-state index in [0.717, 1.165) is 4.90 Å². The molecular formula is C22H15F2NO6. The normalized spacial score (nSPS) is 13.1. The summed E-state index contributed by atoms with van der Waals surface area (Å²) in [5.74, 6) is -2.95. The number of nitrogens with zero attached hydrogens (tertiary/aromatic N) is 1. The van der Waals surface area contributed by atoms with Gasteiger partial charge >= 0.3 is 12.6 Å². The molecule has 2 amide bonds. The fourth-order valence-corrected chi connectivity index (χ4v) is 3.69. The summed E-state index contributed by atoms with van der Waals surface area (Å²) in [5.41, 5.74) is 0.152. The van der Waals surface area contributed by atoms with Crippen LogP contribution < -0.4 is 14.4 Å². The van der Waals surface area contributed by atoms with E-state index in [0.29, 0.717) is 10.9 Å². The predicted molar refractivity (Wildman–Crippen MR) is 106 cm³/mol. The van der Waals surface area contributed by atoms with Crippen molar-refractivity contribution in [2.75, 3.05) is 12.0 Å². The van der Waals surface area contributed by atoms with E-state index in [1.165, 1.54) is 37.4 Å². The van der Waals surface area contributed by atoms with E-state index in [1.807, 2.05) is 0 Å². The number of carboxylic acid groups (broad SMARTS) is 1. The Morgan fingerprint density at radius 2 is 1.52 bits per heavy atom. The molecule has 0 spiro atoms. The van der Waals surface area contributed by atoms with E-state index in [1.54, 1.807) is 18.2 Å². The van der Waals surface area contributed by atoms with Crippen LogP contribution in [0.15, 0.2) is 48.5 Å². The van der Waals surface area contributed by atoms with E-state index in [4.69, 9.17) is 9.84 Å². The summed E-state index contributed by atoms with van der Waals surface area (Å²) >= 11 is 0. The Hall–Kier alpha value is -4.01. The number of halogens is 2. The Balaban J connectivity index is 1.90. The fraction of sp³-hybridized carbons (Fsp3) is 0.136. The number of carbonyl (C=O) groups is 3. The molecule has 0 saturated carbocycles. The Morgan fingerprint density at radius 1 is 0.968 bits per heavy atom. The minimum Gasteiger partial charge on any atom is -0.495 e. The third kappa shape index (κ3) is 3.33. The number of hydrogen-bond acceptors (Lipinski definition) is 5. The van der Waals surface area contributed by atoms with Crippen LogP contribution in [0.4, 0.5) is 14.5 Å². The average molecular weight is 427 g/mol. The summed E-state index contributed by atoms with van der Waals surface area (Å²) in [6, 6.07) is 12.1. The van der Waals surface area contributed by atoms with Crippen LogP contribution in [0.25, 0.3) is 10.8 Å². The van der Waals surface area contributed by atoms with Crippen LogP contribution in [0.5, 0.6) is 11.5 Å². The van der Waals surface area contributed by atoms with E-state index in [2.05, 4.69) is 4.74 Å². The SMILES string of the molecule is COc1c2c(c(OC(F)F)c3ccccc13)C(=O)N(c1ccc(CC(=O)O)cc1)C2=O. The minimum absolute atomic E-state index is 0.0792. The number of methoxy groups -OCH3 is 1. The van der Waals surface area contributed by atoms with Crippen molar-refractivity contribution in [2.24, 2.45) is 0 Å². The largest absolute Gasteiger partial charge is 0.495 e. The number of carbonyl (C=O) groups excluding carboxylic acids is 2. The molecule has 0 fully saturated rings. The Labute approximate surface area is 174 Å². The highest BCUT2D eigenvalue weighted by molar-refractivity contribution is 6.38. The Bertz CT molecular complexity index is 1220. The molecule has 3 aromatic rings. The molecule has 0 unspecified atom stereocenters. The zero-order valence-electron chi connectivity index (χ0n) is 16.1. The minimum atomic E-state index is -3.21. The zero-order chi connectivity index (χ0) is 22.3. The second kappa shape index (κ2) is 7.67. The molecule has 9 heteroatoms. The molecule has 0 atom stereocenters. The number of carboxylic acids is 1. The van der Waals surface area contributed by atoms with Gasteiger partial charge in [-0.3, -0.25) is 14.4 Å². The molecule has 0 bridgehead atoms. The summed E-state index contributed by atoms with van der Waals surface area (Å²) in [7, 11) is 1.32. The van der Waals surface area contributed by atoms with Gasteiger partial charge < -0.3 is 14.6 Å². The molecule has 0 radical (unpaired) electrons. The van der Waals surface area contributed by atoms with Crippen LogP contribution in [0.1, 0.15) is 26.3 Å². The van der Waals surface area contributed by atoms with Gasteiger partial charge in [0.15, 0.2) is 0 Å². The lowest BCUT2D eigenvalue weighted by molar-refractivity contribution is -0.136. The van der Waals surface area contributed by atoms with Gasteiger partial charge in [0.2, 0.25) is 0 Å². The number of rotatable bonds is 6. The molecule has 0 aliphatic carbocycles. The first-order valence-electron chi connectivity index (χ1n) is 9.10. The van der Waals surface area contributed by atoms with Crippen LogP contribution >= 0.6 is 0 Å². The number of aliphatic carboxylic acids is 1. The number of alkyl halides is 2. The van der Waals surface area contributed by atoms with Crippen molar-refractivity contribution in [2.45, 2.75) is 13.0 Å². The van der Waals surface area contributed by atoms with Gasteiger partial charge in [-0.15, -0.1) is 0 Å². The fourth-order valence-electron chi connectivity index (χ4n) is 3.69. The van der Waals surface area contributed by atoms with E-state index < -0.39 is 30.1 Å². The third-order valence-corrected chi connectivity index (χ3v) is 4.92. The van der Waals surface area contributed by atoms with Gasteiger partial charge in [0.05, 0.1) is 30.3 Å². The second-order valence-electron chi connectivity index (χ2n) is 6.72. The molecule has 1 aliphatic heterocycles. The molecule has 4 rings (SSSR count). The van der Waals surface area contributed by atoms with Gasteiger partial charge in [0.1, 0.15) is 11.5 Å². The Kier molecular flexibility index (Phi) is 5.02. The smallest absolute Gasteiger partial charge is 0.387 e. The van der Waals surface area contributed by atoms with Crippen molar-refractivity contribution in [1.29, 1.82) is 0 Å². The summed E-state index contributed by atoms with van der Waals surface area (Å²) in [4.78, 5) is 38.1. The summed E-state index contributed by atoms with van der Waals surface area (Å²) in [6.45, 7) is -3.21. The third-order valence-electron chi connectivity index (χ3n) is 4.92. The monoisotopic (exact) mass is 427 g/mol. The number of benzene rings is 3. The number of imide groups is 1. The topological polar surface area (TPSA) is 93.1 Å². The lowest BCUT2D eigenvalue weighted by Gasteiger charge is -2.15. The molecule has 1 aliphatic rings. The zero-order valence-corrected chi connectivity index (χ0v) is 16.1. The maximum absolute atomic E-state index is 13.2. The first-order valence-corrected chi connectivity index (χ1v) is 9.10. The number of hydrogen-bond donors (Lipinski definition) is 1. The molecule has 7 nitrogen and oxygen atoms in total. The van der Waals surface area contributed by atoms with Crippen molar-refractivity contribution in [3.05, 3.63) is 65.2 Å².